The van der Waals surface area contributed by atoms with Crippen LogP contribution in [0.1, 0.15) is 37.3 Å². The maximum Gasteiger partial charge on any atom is 0.0718 e. The van der Waals surface area contributed by atoms with E-state index in [0.717, 1.165) is 22.3 Å². The van der Waals surface area contributed by atoms with Crippen molar-refractivity contribution in [2.45, 2.75) is 32.4 Å². The molecule has 0 aliphatic rings. The summed E-state index contributed by atoms with van der Waals surface area (Å²) < 4.78 is 3.01. The second kappa shape index (κ2) is 6.30. The van der Waals surface area contributed by atoms with Crippen molar-refractivity contribution < 1.29 is 0 Å². The molecule has 102 valence electrons. The third kappa shape index (κ3) is 3.42. The van der Waals surface area contributed by atoms with Gasteiger partial charge in [-0.2, -0.15) is 5.10 Å². The molecule has 4 nitrogen and oxygen atoms in total. The van der Waals surface area contributed by atoms with E-state index in [2.05, 4.69) is 51.2 Å². The molecule has 0 amide bonds. The summed E-state index contributed by atoms with van der Waals surface area (Å²) in [6.45, 7) is 4.25. The second-order valence-corrected chi connectivity index (χ2v) is 5.65. The third-order valence-corrected chi connectivity index (χ3v) is 3.74. The lowest BCUT2D eigenvalue weighted by Crippen LogP contribution is -2.21. The Labute approximate surface area is 122 Å². The Balaban J connectivity index is 2.17. The normalized spacial score (nSPS) is 12.9. The van der Waals surface area contributed by atoms with Crippen molar-refractivity contribution in [1.82, 2.24) is 20.1 Å². The van der Waals surface area contributed by atoms with Crippen molar-refractivity contribution >= 4 is 15.9 Å². The Hall–Kier alpha value is -1.20. The van der Waals surface area contributed by atoms with Gasteiger partial charge in [0.15, 0.2) is 0 Å². The van der Waals surface area contributed by atoms with Crippen molar-refractivity contribution in [2.24, 2.45) is 0 Å². The molecule has 0 spiro atoms. The molecular formula is C14H19BrN4. The summed E-state index contributed by atoms with van der Waals surface area (Å²) in [4.78, 5) is 4.44. The molecule has 0 aliphatic heterocycles. The van der Waals surface area contributed by atoms with E-state index in [1.165, 1.54) is 0 Å². The lowest BCUT2D eigenvalue weighted by Gasteiger charge is -2.15. The van der Waals surface area contributed by atoms with E-state index < -0.39 is 0 Å². The monoisotopic (exact) mass is 322 g/mol. The zero-order valence-corrected chi connectivity index (χ0v) is 13.1. The van der Waals surface area contributed by atoms with E-state index in [-0.39, 0.29) is 6.04 Å². The highest BCUT2D eigenvalue weighted by atomic mass is 79.9. The Morgan fingerprint density at radius 3 is 2.74 bits per heavy atom. The van der Waals surface area contributed by atoms with Crippen LogP contribution in [0.4, 0.5) is 0 Å². The summed E-state index contributed by atoms with van der Waals surface area (Å²) >= 11 is 3.55. The van der Waals surface area contributed by atoms with Gasteiger partial charge in [0.2, 0.25) is 0 Å². The summed E-state index contributed by atoms with van der Waals surface area (Å²) in [6, 6.07) is 6.56. The predicted octanol–water partition coefficient (Wildman–Crippen LogP) is 3.12. The van der Waals surface area contributed by atoms with E-state index >= 15 is 0 Å². The molecule has 1 unspecified atom stereocenters. The number of aromatic nitrogens is 3. The number of nitrogens with zero attached hydrogens (tertiary/aromatic N) is 3. The van der Waals surface area contributed by atoms with Crippen LogP contribution in [-0.4, -0.2) is 21.8 Å². The molecule has 0 radical (unpaired) electrons. The van der Waals surface area contributed by atoms with Crippen LogP contribution in [0.5, 0.6) is 0 Å². The van der Waals surface area contributed by atoms with Gasteiger partial charge in [0.05, 0.1) is 17.4 Å². The number of likely N-dealkylation sites (N-methyl/N-ethyl adjacent to an activating group) is 1. The molecule has 1 N–H and O–H groups in total. The first-order valence-corrected chi connectivity index (χ1v) is 7.22. The fraction of sp³-hybridized carbons (Fsp3) is 0.429. The largest absolute Gasteiger partial charge is 0.311 e. The van der Waals surface area contributed by atoms with E-state index in [0.29, 0.717) is 6.04 Å². The molecule has 2 aromatic rings. The Bertz CT molecular complexity index is 536. The molecular weight excluding hydrogens is 304 g/mol. The highest BCUT2D eigenvalue weighted by Crippen LogP contribution is 2.23. The van der Waals surface area contributed by atoms with Crippen LogP contribution in [0.15, 0.2) is 35.1 Å². The SMILES string of the molecule is CNC(Cc1ccn(C(C)C)n1)c1ncccc1Br. The van der Waals surface area contributed by atoms with E-state index in [1.54, 1.807) is 0 Å². The van der Waals surface area contributed by atoms with E-state index in [4.69, 9.17) is 0 Å². The summed E-state index contributed by atoms with van der Waals surface area (Å²) in [5.41, 5.74) is 2.09. The molecule has 5 heteroatoms. The minimum absolute atomic E-state index is 0.158. The lowest BCUT2D eigenvalue weighted by atomic mass is 10.1. The molecule has 1 atom stereocenters. The summed E-state index contributed by atoms with van der Waals surface area (Å²) in [5.74, 6) is 0. The minimum Gasteiger partial charge on any atom is -0.311 e. The van der Waals surface area contributed by atoms with Crippen LogP contribution in [0.3, 0.4) is 0 Å². The van der Waals surface area contributed by atoms with Gasteiger partial charge in [-0.1, -0.05) is 0 Å². The molecule has 0 aromatic carbocycles. The average Bonchev–Trinajstić information content (AvgIpc) is 2.86. The van der Waals surface area contributed by atoms with E-state index in [9.17, 15) is 0 Å². The van der Waals surface area contributed by atoms with Gasteiger partial charge >= 0.3 is 0 Å². The van der Waals surface area contributed by atoms with Crippen LogP contribution in [0.2, 0.25) is 0 Å². The zero-order chi connectivity index (χ0) is 13.8. The van der Waals surface area contributed by atoms with Crippen molar-refractivity contribution in [3.05, 3.63) is 46.5 Å². The van der Waals surface area contributed by atoms with Crippen molar-refractivity contribution in [3.8, 4) is 0 Å². The number of halogens is 1. The molecule has 2 heterocycles. The molecule has 0 aliphatic carbocycles. The van der Waals surface area contributed by atoms with Crippen LogP contribution < -0.4 is 5.32 Å². The Morgan fingerprint density at radius 2 is 2.16 bits per heavy atom. The first-order chi connectivity index (χ1) is 9.11. The van der Waals surface area contributed by atoms with Crippen molar-refractivity contribution in [1.29, 1.82) is 0 Å². The van der Waals surface area contributed by atoms with Crippen LogP contribution in [-0.2, 0) is 6.42 Å². The molecule has 0 saturated carbocycles. The number of pyridine rings is 1. The van der Waals surface area contributed by atoms with Gasteiger partial charge < -0.3 is 5.32 Å². The van der Waals surface area contributed by atoms with Gasteiger partial charge in [-0.05, 0) is 55.0 Å². The summed E-state index contributed by atoms with van der Waals surface area (Å²) in [6.07, 6.45) is 4.67. The Morgan fingerprint density at radius 1 is 1.37 bits per heavy atom. The fourth-order valence-corrected chi connectivity index (χ4v) is 2.50. The standard InChI is InChI=1S/C14H19BrN4/c1-10(2)19-8-6-11(18-19)9-13(16-3)14-12(15)5-4-7-17-14/h4-8,10,13,16H,9H2,1-3H3. The van der Waals surface area contributed by atoms with Crippen LogP contribution in [0, 0.1) is 0 Å². The van der Waals surface area contributed by atoms with Gasteiger partial charge in [-0.3, -0.25) is 9.67 Å². The van der Waals surface area contributed by atoms with Crippen LogP contribution in [0.25, 0.3) is 0 Å². The molecule has 0 fully saturated rings. The summed E-state index contributed by atoms with van der Waals surface area (Å²) in [5, 5.41) is 7.89. The minimum atomic E-state index is 0.158. The van der Waals surface area contributed by atoms with Gasteiger partial charge in [-0.15, -0.1) is 0 Å². The highest BCUT2D eigenvalue weighted by Gasteiger charge is 2.16. The van der Waals surface area contributed by atoms with Gasteiger partial charge in [0, 0.05) is 29.3 Å². The van der Waals surface area contributed by atoms with Crippen molar-refractivity contribution in [2.75, 3.05) is 7.05 Å². The molecule has 2 rings (SSSR count). The summed E-state index contributed by atoms with van der Waals surface area (Å²) in [7, 11) is 1.95. The van der Waals surface area contributed by atoms with Crippen molar-refractivity contribution in [3.63, 3.8) is 0 Å². The maximum absolute atomic E-state index is 4.59. The zero-order valence-electron chi connectivity index (χ0n) is 11.5. The molecule has 0 bridgehead atoms. The van der Waals surface area contributed by atoms with Gasteiger partial charge in [0.25, 0.3) is 0 Å². The maximum atomic E-state index is 4.59. The smallest absolute Gasteiger partial charge is 0.0718 e. The average molecular weight is 323 g/mol. The van der Waals surface area contributed by atoms with Gasteiger partial charge in [0.1, 0.15) is 0 Å². The predicted molar refractivity (Wildman–Crippen MR) is 80.1 cm³/mol. The lowest BCUT2D eigenvalue weighted by molar-refractivity contribution is 0.512. The molecule has 19 heavy (non-hydrogen) atoms. The van der Waals surface area contributed by atoms with Crippen LogP contribution >= 0.6 is 15.9 Å². The molecule has 0 saturated heterocycles. The quantitative estimate of drug-likeness (QED) is 0.919. The number of hydrogen-bond acceptors (Lipinski definition) is 3. The number of nitrogens with one attached hydrogen (secondary N) is 1. The van der Waals surface area contributed by atoms with Gasteiger partial charge in [-0.25, -0.2) is 0 Å². The number of rotatable bonds is 5. The third-order valence-electron chi connectivity index (χ3n) is 3.07. The first-order valence-electron chi connectivity index (χ1n) is 6.43. The number of hydrogen-bond donors (Lipinski definition) is 1. The second-order valence-electron chi connectivity index (χ2n) is 4.80. The topological polar surface area (TPSA) is 42.7 Å². The fourth-order valence-electron chi connectivity index (χ4n) is 1.97. The Kier molecular flexibility index (Phi) is 4.71. The molecule has 2 aromatic heterocycles. The first kappa shape index (κ1) is 14.2. The highest BCUT2D eigenvalue weighted by molar-refractivity contribution is 9.10. The van der Waals surface area contributed by atoms with E-state index in [1.807, 2.05) is 36.3 Å².